The van der Waals surface area contributed by atoms with Crippen molar-refractivity contribution in [2.24, 2.45) is 0 Å². The third-order valence-corrected chi connectivity index (χ3v) is 4.81. The maximum atomic E-state index is 12.6. The molecule has 0 aromatic heterocycles. The highest BCUT2D eigenvalue weighted by molar-refractivity contribution is 5.49. The molecular weight excluding hydrogens is 341 g/mol. The standard InChI is InChI=1S/C20H23F3N2O/c21-20(22,23)17-5-3-16(4-6-17)2-1-11-24-12-14-25(15-13-24)18-7-9-19(26)10-8-18/h3-10,26H,1-2,11-15H2. The van der Waals surface area contributed by atoms with Crippen LogP contribution < -0.4 is 4.90 Å². The zero-order chi connectivity index (χ0) is 18.6. The summed E-state index contributed by atoms with van der Waals surface area (Å²) in [6.45, 7) is 4.75. The zero-order valence-corrected chi connectivity index (χ0v) is 14.5. The molecule has 0 unspecified atom stereocenters. The number of phenolic OH excluding ortho intramolecular Hbond substituents is 1. The Labute approximate surface area is 151 Å². The molecule has 1 heterocycles. The number of anilines is 1. The summed E-state index contributed by atoms with van der Waals surface area (Å²) in [4.78, 5) is 4.69. The molecule has 1 fully saturated rings. The van der Waals surface area contributed by atoms with Crippen LogP contribution in [0, 0.1) is 0 Å². The minimum absolute atomic E-state index is 0.274. The number of aromatic hydroxyl groups is 1. The van der Waals surface area contributed by atoms with Gasteiger partial charge < -0.3 is 10.0 Å². The van der Waals surface area contributed by atoms with Gasteiger partial charge in [-0.15, -0.1) is 0 Å². The maximum Gasteiger partial charge on any atom is 0.416 e. The Bertz CT molecular complexity index is 690. The van der Waals surface area contributed by atoms with E-state index in [0.29, 0.717) is 0 Å². The monoisotopic (exact) mass is 364 g/mol. The smallest absolute Gasteiger partial charge is 0.416 e. The van der Waals surface area contributed by atoms with Gasteiger partial charge >= 0.3 is 6.18 Å². The zero-order valence-electron chi connectivity index (χ0n) is 14.5. The average Bonchev–Trinajstić information content (AvgIpc) is 2.63. The highest BCUT2D eigenvalue weighted by atomic mass is 19.4. The van der Waals surface area contributed by atoms with Gasteiger partial charge in [0.25, 0.3) is 0 Å². The molecule has 0 bridgehead atoms. The molecule has 26 heavy (non-hydrogen) atoms. The molecule has 0 aliphatic carbocycles. The van der Waals surface area contributed by atoms with Gasteiger partial charge in [0.05, 0.1) is 5.56 Å². The van der Waals surface area contributed by atoms with Crippen molar-refractivity contribution in [3.8, 4) is 5.75 Å². The summed E-state index contributed by atoms with van der Waals surface area (Å²) in [5.41, 5.74) is 1.47. The van der Waals surface area contributed by atoms with E-state index in [1.807, 2.05) is 12.1 Å². The normalized spacial score (nSPS) is 16.0. The van der Waals surface area contributed by atoms with Gasteiger partial charge in [-0.25, -0.2) is 0 Å². The molecule has 2 aromatic rings. The summed E-state index contributed by atoms with van der Waals surface area (Å²) in [5, 5.41) is 9.36. The molecule has 0 amide bonds. The fourth-order valence-electron chi connectivity index (χ4n) is 3.26. The number of halogens is 3. The topological polar surface area (TPSA) is 26.7 Å². The van der Waals surface area contributed by atoms with Crippen molar-refractivity contribution < 1.29 is 18.3 Å². The molecule has 1 N–H and O–H groups in total. The van der Waals surface area contributed by atoms with Crippen LogP contribution in [-0.4, -0.2) is 42.7 Å². The predicted molar refractivity (Wildman–Crippen MR) is 96.5 cm³/mol. The van der Waals surface area contributed by atoms with Gasteiger partial charge in [-0.05, 0) is 61.3 Å². The third-order valence-electron chi connectivity index (χ3n) is 4.81. The van der Waals surface area contributed by atoms with Crippen molar-refractivity contribution in [2.45, 2.75) is 19.0 Å². The molecule has 0 saturated carbocycles. The first-order valence-corrected chi connectivity index (χ1v) is 8.84. The summed E-state index contributed by atoms with van der Waals surface area (Å²) in [6, 6.07) is 12.7. The number of alkyl halides is 3. The first kappa shape index (κ1) is 18.6. The molecular formula is C20H23F3N2O. The molecule has 140 valence electrons. The van der Waals surface area contributed by atoms with Crippen LogP contribution in [0.2, 0.25) is 0 Å². The lowest BCUT2D eigenvalue weighted by molar-refractivity contribution is -0.137. The van der Waals surface area contributed by atoms with Crippen LogP contribution in [0.4, 0.5) is 18.9 Å². The van der Waals surface area contributed by atoms with Crippen LogP contribution in [0.3, 0.4) is 0 Å². The second-order valence-electron chi connectivity index (χ2n) is 6.64. The minimum atomic E-state index is -4.27. The van der Waals surface area contributed by atoms with Crippen molar-refractivity contribution in [3.63, 3.8) is 0 Å². The molecule has 0 atom stereocenters. The van der Waals surface area contributed by atoms with E-state index in [1.54, 1.807) is 24.3 Å². The lowest BCUT2D eigenvalue weighted by Gasteiger charge is -2.36. The molecule has 1 aliphatic rings. The van der Waals surface area contributed by atoms with Crippen LogP contribution >= 0.6 is 0 Å². The van der Waals surface area contributed by atoms with Gasteiger partial charge in [-0.3, -0.25) is 4.90 Å². The molecule has 3 nitrogen and oxygen atoms in total. The van der Waals surface area contributed by atoms with E-state index < -0.39 is 11.7 Å². The molecule has 2 aromatic carbocycles. The van der Waals surface area contributed by atoms with Crippen LogP contribution in [0.15, 0.2) is 48.5 Å². The number of hydrogen-bond acceptors (Lipinski definition) is 3. The first-order chi connectivity index (χ1) is 12.4. The quantitative estimate of drug-likeness (QED) is 0.863. The summed E-state index contributed by atoms with van der Waals surface area (Å²) in [5.74, 6) is 0.274. The van der Waals surface area contributed by atoms with Gasteiger partial charge in [0.15, 0.2) is 0 Å². The lowest BCUT2D eigenvalue weighted by atomic mass is 10.1. The number of piperazine rings is 1. The van der Waals surface area contributed by atoms with Gasteiger partial charge in [0.2, 0.25) is 0 Å². The van der Waals surface area contributed by atoms with Gasteiger partial charge in [0.1, 0.15) is 5.75 Å². The maximum absolute atomic E-state index is 12.6. The largest absolute Gasteiger partial charge is 0.508 e. The summed E-state index contributed by atoms with van der Waals surface area (Å²) < 4.78 is 37.7. The van der Waals surface area contributed by atoms with Crippen LogP contribution in [0.5, 0.6) is 5.75 Å². The fraction of sp³-hybridized carbons (Fsp3) is 0.400. The van der Waals surface area contributed by atoms with E-state index in [0.717, 1.165) is 68.9 Å². The Morgan fingerprint density at radius 1 is 0.846 bits per heavy atom. The van der Waals surface area contributed by atoms with Crippen molar-refractivity contribution in [1.29, 1.82) is 0 Å². The molecule has 0 radical (unpaired) electrons. The summed E-state index contributed by atoms with van der Waals surface area (Å²) in [6.07, 6.45) is -2.55. The Morgan fingerprint density at radius 3 is 2.04 bits per heavy atom. The second kappa shape index (κ2) is 7.99. The Morgan fingerprint density at radius 2 is 1.46 bits per heavy atom. The molecule has 1 saturated heterocycles. The van der Waals surface area contributed by atoms with E-state index in [-0.39, 0.29) is 5.75 Å². The fourth-order valence-corrected chi connectivity index (χ4v) is 3.26. The molecule has 0 spiro atoms. The van der Waals surface area contributed by atoms with Crippen LogP contribution in [0.25, 0.3) is 0 Å². The van der Waals surface area contributed by atoms with Gasteiger partial charge in [0, 0.05) is 31.9 Å². The van der Waals surface area contributed by atoms with E-state index in [9.17, 15) is 18.3 Å². The van der Waals surface area contributed by atoms with Crippen molar-refractivity contribution >= 4 is 5.69 Å². The van der Waals surface area contributed by atoms with Crippen molar-refractivity contribution in [3.05, 3.63) is 59.7 Å². The minimum Gasteiger partial charge on any atom is -0.508 e. The van der Waals surface area contributed by atoms with Crippen molar-refractivity contribution in [2.75, 3.05) is 37.6 Å². The van der Waals surface area contributed by atoms with E-state index >= 15 is 0 Å². The molecule has 6 heteroatoms. The van der Waals surface area contributed by atoms with Crippen LogP contribution in [0.1, 0.15) is 17.5 Å². The second-order valence-corrected chi connectivity index (χ2v) is 6.64. The number of phenols is 1. The Hall–Kier alpha value is -2.21. The Kier molecular flexibility index (Phi) is 5.71. The molecule has 1 aliphatic heterocycles. The Balaban J connectivity index is 1.40. The number of hydrogen-bond donors (Lipinski definition) is 1. The van der Waals surface area contributed by atoms with Crippen molar-refractivity contribution in [1.82, 2.24) is 4.90 Å². The van der Waals surface area contributed by atoms with Crippen LogP contribution in [-0.2, 0) is 12.6 Å². The highest BCUT2D eigenvalue weighted by Gasteiger charge is 2.29. The highest BCUT2D eigenvalue weighted by Crippen LogP contribution is 2.29. The summed E-state index contributed by atoms with van der Waals surface area (Å²) >= 11 is 0. The SMILES string of the molecule is Oc1ccc(N2CCN(CCCc3ccc(C(F)(F)F)cc3)CC2)cc1. The van der Waals surface area contributed by atoms with Gasteiger partial charge in [-0.1, -0.05) is 12.1 Å². The predicted octanol–water partition coefficient (Wildman–Crippen LogP) is 4.17. The van der Waals surface area contributed by atoms with E-state index in [4.69, 9.17) is 0 Å². The van der Waals surface area contributed by atoms with Gasteiger partial charge in [-0.2, -0.15) is 13.2 Å². The van der Waals surface area contributed by atoms with E-state index in [2.05, 4.69) is 9.80 Å². The average molecular weight is 364 g/mol. The van der Waals surface area contributed by atoms with E-state index in [1.165, 1.54) is 0 Å². The number of rotatable bonds is 5. The summed E-state index contributed by atoms with van der Waals surface area (Å²) in [7, 11) is 0. The first-order valence-electron chi connectivity index (χ1n) is 8.84. The number of benzene rings is 2. The number of nitrogens with zero attached hydrogens (tertiary/aromatic N) is 2. The molecule has 3 rings (SSSR count). The number of aryl methyl sites for hydroxylation is 1. The lowest BCUT2D eigenvalue weighted by Crippen LogP contribution is -2.46. The third kappa shape index (κ3) is 4.91.